The van der Waals surface area contributed by atoms with E-state index in [1.807, 2.05) is 18.3 Å². The van der Waals surface area contributed by atoms with Gasteiger partial charge in [0.25, 0.3) is 0 Å². The zero-order chi connectivity index (χ0) is 19.3. The van der Waals surface area contributed by atoms with Gasteiger partial charge in [-0.05, 0) is 59.9 Å². The first-order valence-corrected chi connectivity index (χ1v) is 9.99. The highest BCUT2D eigenvalue weighted by atomic mass is 16.5. The third-order valence-electron chi connectivity index (χ3n) is 5.18. The lowest BCUT2D eigenvalue weighted by molar-refractivity contribution is 0.415. The Labute approximate surface area is 166 Å². The maximum absolute atomic E-state index is 5.22. The average Bonchev–Trinajstić information content (AvgIpc) is 3.10. The quantitative estimate of drug-likeness (QED) is 0.293. The van der Waals surface area contributed by atoms with Crippen molar-refractivity contribution in [1.29, 1.82) is 0 Å². The highest BCUT2D eigenvalue weighted by Gasteiger charge is 2.07. The fourth-order valence-corrected chi connectivity index (χ4v) is 3.56. The van der Waals surface area contributed by atoms with Crippen molar-refractivity contribution in [3.63, 3.8) is 0 Å². The van der Waals surface area contributed by atoms with Crippen LogP contribution in [-0.4, -0.2) is 17.1 Å². The molecule has 0 aliphatic heterocycles. The molecule has 0 aliphatic carbocycles. The molecule has 0 unspecified atom stereocenters. The second-order valence-corrected chi connectivity index (χ2v) is 7.23. The molecule has 0 atom stereocenters. The normalized spacial score (nSPS) is 11.6. The van der Waals surface area contributed by atoms with Crippen LogP contribution >= 0.6 is 0 Å². The molecule has 0 saturated heterocycles. The Hall–Kier alpha value is -3.07. The Morgan fingerprint density at radius 1 is 0.929 bits per heavy atom. The molecule has 2 aromatic heterocycles. The second-order valence-electron chi connectivity index (χ2n) is 7.23. The molecule has 4 aromatic rings. The summed E-state index contributed by atoms with van der Waals surface area (Å²) < 4.78 is 5.22. The van der Waals surface area contributed by atoms with Gasteiger partial charge in [-0.25, -0.2) is 4.98 Å². The Balaban J connectivity index is 1.63. The lowest BCUT2D eigenvalue weighted by Crippen LogP contribution is -1.87. The van der Waals surface area contributed by atoms with E-state index in [0.717, 1.165) is 28.9 Å². The molecule has 0 amide bonds. The molecule has 0 saturated carbocycles. The number of aromatic nitrogens is 2. The molecular formula is C25H26N2O. The largest absolute Gasteiger partial charge is 0.497 e. The van der Waals surface area contributed by atoms with Gasteiger partial charge in [0.05, 0.1) is 7.11 Å². The zero-order valence-electron chi connectivity index (χ0n) is 16.5. The fraction of sp³-hybridized carbons (Fsp3) is 0.240. The molecule has 142 valence electrons. The number of nitrogens with zero attached hydrogens (tertiary/aromatic N) is 1. The minimum absolute atomic E-state index is 0.875. The van der Waals surface area contributed by atoms with E-state index in [0.29, 0.717) is 0 Å². The summed E-state index contributed by atoms with van der Waals surface area (Å²) in [6.45, 7) is 2.24. The number of aromatic amines is 1. The summed E-state index contributed by atoms with van der Waals surface area (Å²) in [4.78, 5) is 8.09. The first-order valence-electron chi connectivity index (χ1n) is 9.99. The van der Waals surface area contributed by atoms with E-state index in [4.69, 9.17) is 4.74 Å². The second kappa shape index (κ2) is 8.30. The monoisotopic (exact) mass is 370 g/mol. The van der Waals surface area contributed by atoms with Crippen LogP contribution in [0.2, 0.25) is 0 Å². The van der Waals surface area contributed by atoms with Crippen LogP contribution in [0.4, 0.5) is 0 Å². The van der Waals surface area contributed by atoms with Crippen molar-refractivity contribution in [1.82, 2.24) is 9.97 Å². The molecule has 4 rings (SSSR count). The van der Waals surface area contributed by atoms with Crippen molar-refractivity contribution >= 4 is 34.1 Å². The third kappa shape index (κ3) is 3.94. The maximum atomic E-state index is 5.22. The summed E-state index contributed by atoms with van der Waals surface area (Å²) in [5.41, 5.74) is 5.75. The van der Waals surface area contributed by atoms with Gasteiger partial charge in [-0.1, -0.05) is 50.1 Å². The number of hydrogen-bond donors (Lipinski definition) is 1. The molecule has 0 aliphatic rings. The van der Waals surface area contributed by atoms with Gasteiger partial charge in [0.2, 0.25) is 0 Å². The van der Waals surface area contributed by atoms with Crippen molar-refractivity contribution in [2.45, 2.75) is 32.6 Å². The summed E-state index contributed by atoms with van der Waals surface area (Å²) in [5, 5.41) is 2.44. The van der Waals surface area contributed by atoms with Gasteiger partial charge in [-0.2, -0.15) is 0 Å². The van der Waals surface area contributed by atoms with Gasteiger partial charge >= 0.3 is 0 Å². The van der Waals surface area contributed by atoms with E-state index in [-0.39, 0.29) is 0 Å². The Morgan fingerprint density at radius 3 is 2.50 bits per heavy atom. The zero-order valence-corrected chi connectivity index (χ0v) is 16.5. The van der Waals surface area contributed by atoms with E-state index in [2.05, 4.69) is 65.4 Å². The Kier molecular flexibility index (Phi) is 5.43. The number of rotatable bonds is 7. The maximum Gasteiger partial charge on any atom is 0.138 e. The molecule has 0 spiro atoms. The Bertz CT molecular complexity index is 1110. The topological polar surface area (TPSA) is 37.9 Å². The summed E-state index contributed by atoms with van der Waals surface area (Å²) in [7, 11) is 1.69. The predicted molar refractivity (Wildman–Crippen MR) is 119 cm³/mol. The summed E-state index contributed by atoms with van der Waals surface area (Å²) in [6.07, 6.45) is 11.1. The van der Waals surface area contributed by atoms with Gasteiger partial charge in [0.1, 0.15) is 11.4 Å². The van der Waals surface area contributed by atoms with E-state index in [1.165, 1.54) is 41.2 Å². The van der Waals surface area contributed by atoms with Crippen LogP contribution in [-0.2, 0) is 6.42 Å². The van der Waals surface area contributed by atoms with Gasteiger partial charge < -0.3 is 9.72 Å². The minimum Gasteiger partial charge on any atom is -0.497 e. The van der Waals surface area contributed by atoms with E-state index in [1.54, 1.807) is 7.11 Å². The minimum atomic E-state index is 0.875. The number of fused-ring (bicyclic) bond motifs is 3. The number of benzene rings is 2. The summed E-state index contributed by atoms with van der Waals surface area (Å²) in [5.74, 6) is 0.875. The van der Waals surface area contributed by atoms with Crippen molar-refractivity contribution in [2.24, 2.45) is 0 Å². The SMILES string of the molecule is CCCCCc1cnc2[nH]c3ccc(C=Cc4ccc(OC)cc4)cc3c2c1. The average molecular weight is 370 g/mol. The van der Waals surface area contributed by atoms with Crippen LogP contribution in [0.3, 0.4) is 0 Å². The van der Waals surface area contributed by atoms with Crippen molar-refractivity contribution in [3.05, 3.63) is 71.4 Å². The van der Waals surface area contributed by atoms with Crippen molar-refractivity contribution in [2.75, 3.05) is 7.11 Å². The van der Waals surface area contributed by atoms with Gasteiger partial charge in [0, 0.05) is 22.5 Å². The van der Waals surface area contributed by atoms with Crippen LogP contribution in [0.5, 0.6) is 5.75 Å². The summed E-state index contributed by atoms with van der Waals surface area (Å²) >= 11 is 0. The van der Waals surface area contributed by atoms with E-state index < -0.39 is 0 Å². The fourth-order valence-electron chi connectivity index (χ4n) is 3.56. The molecule has 0 radical (unpaired) electrons. The standard InChI is InChI=1S/C25H26N2O/c1-3-4-5-6-20-16-23-22-15-19(11-14-24(22)27-25(23)26-17-20)8-7-18-9-12-21(28-2)13-10-18/h7-17H,3-6H2,1-2H3,(H,26,27). The van der Waals surface area contributed by atoms with E-state index >= 15 is 0 Å². The highest BCUT2D eigenvalue weighted by Crippen LogP contribution is 2.27. The number of ether oxygens (including phenoxy) is 1. The highest BCUT2D eigenvalue weighted by molar-refractivity contribution is 6.06. The molecule has 3 nitrogen and oxygen atoms in total. The third-order valence-corrected chi connectivity index (χ3v) is 5.18. The smallest absolute Gasteiger partial charge is 0.138 e. The first kappa shape index (κ1) is 18.3. The van der Waals surface area contributed by atoms with Gasteiger partial charge in [0.15, 0.2) is 0 Å². The van der Waals surface area contributed by atoms with Gasteiger partial charge in [-0.15, -0.1) is 0 Å². The molecule has 0 fully saturated rings. The number of H-pyrrole nitrogens is 1. The van der Waals surface area contributed by atoms with Crippen LogP contribution in [0.1, 0.15) is 42.9 Å². The molecule has 1 N–H and O–H groups in total. The van der Waals surface area contributed by atoms with E-state index in [9.17, 15) is 0 Å². The van der Waals surface area contributed by atoms with Crippen molar-refractivity contribution in [3.8, 4) is 5.75 Å². The van der Waals surface area contributed by atoms with Gasteiger partial charge in [-0.3, -0.25) is 0 Å². The lowest BCUT2D eigenvalue weighted by atomic mass is 10.1. The molecule has 3 heteroatoms. The van der Waals surface area contributed by atoms with Crippen LogP contribution < -0.4 is 4.74 Å². The number of hydrogen-bond acceptors (Lipinski definition) is 2. The molecular weight excluding hydrogens is 344 g/mol. The molecule has 0 bridgehead atoms. The van der Waals surface area contributed by atoms with Crippen LogP contribution in [0.25, 0.3) is 34.1 Å². The summed E-state index contributed by atoms with van der Waals surface area (Å²) in [6, 6.07) is 16.9. The van der Waals surface area contributed by atoms with Crippen LogP contribution in [0.15, 0.2) is 54.7 Å². The van der Waals surface area contributed by atoms with Crippen LogP contribution in [0, 0.1) is 0 Å². The number of methoxy groups -OCH3 is 1. The first-order chi connectivity index (χ1) is 13.8. The predicted octanol–water partition coefficient (Wildman–Crippen LogP) is 6.63. The Morgan fingerprint density at radius 2 is 1.71 bits per heavy atom. The number of nitrogens with one attached hydrogen (secondary N) is 1. The molecule has 2 heterocycles. The lowest BCUT2D eigenvalue weighted by Gasteiger charge is -2.01. The number of unbranched alkanes of at least 4 members (excludes halogenated alkanes) is 2. The van der Waals surface area contributed by atoms with Crippen molar-refractivity contribution < 1.29 is 4.74 Å². The molecule has 28 heavy (non-hydrogen) atoms. The number of aryl methyl sites for hydroxylation is 1. The molecule has 2 aromatic carbocycles. The number of pyridine rings is 1.